The van der Waals surface area contributed by atoms with Crippen molar-refractivity contribution >= 4 is 5.78 Å². The first kappa shape index (κ1) is 13.3. The number of benzene rings is 1. The lowest BCUT2D eigenvalue weighted by Gasteiger charge is -2.04. The molecular formula is C14H12F2N2O. The minimum atomic E-state index is -0.544. The van der Waals surface area contributed by atoms with Gasteiger partial charge in [-0.2, -0.15) is 0 Å². The van der Waals surface area contributed by atoms with Crippen LogP contribution in [-0.2, 0) is 11.2 Å². The van der Waals surface area contributed by atoms with Crippen LogP contribution in [0.3, 0.4) is 0 Å². The highest BCUT2D eigenvalue weighted by atomic mass is 19.1. The molecule has 0 spiro atoms. The smallest absolute Gasteiger partial charge is 0.132 e. The lowest BCUT2D eigenvalue weighted by Crippen LogP contribution is -2.01. The standard InChI is InChI=1S/C14H12F2N2O/c1-9(19)2-5-14-17-7-6-13(18-14)11-8-10(15)3-4-12(11)16/h3-4,6-8H,2,5H2,1H3. The van der Waals surface area contributed by atoms with E-state index in [1.54, 1.807) is 0 Å². The van der Waals surface area contributed by atoms with Crippen molar-refractivity contribution in [1.29, 1.82) is 0 Å². The Kier molecular flexibility index (Phi) is 3.94. The SMILES string of the molecule is CC(=O)CCc1nccc(-c2cc(F)ccc2F)n1. The highest BCUT2D eigenvalue weighted by molar-refractivity contribution is 5.75. The minimum absolute atomic E-state index is 0.0333. The summed E-state index contributed by atoms with van der Waals surface area (Å²) >= 11 is 0. The number of carbonyl (C=O) groups is 1. The van der Waals surface area contributed by atoms with Crippen molar-refractivity contribution in [2.45, 2.75) is 19.8 Å². The first-order chi connectivity index (χ1) is 9.06. The summed E-state index contributed by atoms with van der Waals surface area (Å²) < 4.78 is 26.8. The second kappa shape index (κ2) is 5.65. The number of ketones is 1. The lowest BCUT2D eigenvalue weighted by molar-refractivity contribution is -0.117. The molecule has 0 fully saturated rings. The zero-order valence-electron chi connectivity index (χ0n) is 10.4. The van der Waals surface area contributed by atoms with Crippen molar-refractivity contribution in [3.05, 3.63) is 47.9 Å². The Labute approximate surface area is 109 Å². The molecule has 2 rings (SSSR count). The molecular weight excluding hydrogens is 250 g/mol. The summed E-state index contributed by atoms with van der Waals surface area (Å²) in [7, 11) is 0. The molecule has 0 saturated carbocycles. The van der Waals surface area contributed by atoms with Gasteiger partial charge >= 0.3 is 0 Å². The van der Waals surface area contributed by atoms with Gasteiger partial charge in [-0.1, -0.05) is 0 Å². The van der Waals surface area contributed by atoms with Gasteiger partial charge in [-0.25, -0.2) is 18.7 Å². The Morgan fingerprint density at radius 1 is 1.26 bits per heavy atom. The van der Waals surface area contributed by atoms with Crippen LogP contribution in [0.2, 0.25) is 0 Å². The molecule has 0 unspecified atom stereocenters. The molecule has 0 radical (unpaired) electrons. The number of aryl methyl sites for hydroxylation is 1. The maximum Gasteiger partial charge on any atom is 0.132 e. The van der Waals surface area contributed by atoms with E-state index in [4.69, 9.17) is 0 Å². The van der Waals surface area contributed by atoms with E-state index in [2.05, 4.69) is 9.97 Å². The van der Waals surface area contributed by atoms with Crippen molar-refractivity contribution in [2.24, 2.45) is 0 Å². The molecule has 3 nitrogen and oxygen atoms in total. The molecule has 0 bridgehead atoms. The zero-order chi connectivity index (χ0) is 13.8. The van der Waals surface area contributed by atoms with Crippen molar-refractivity contribution < 1.29 is 13.6 Å². The van der Waals surface area contributed by atoms with E-state index in [9.17, 15) is 13.6 Å². The van der Waals surface area contributed by atoms with Gasteiger partial charge < -0.3 is 4.79 Å². The monoisotopic (exact) mass is 262 g/mol. The molecule has 0 aliphatic heterocycles. The Morgan fingerprint density at radius 2 is 2.05 bits per heavy atom. The number of hydrogen-bond acceptors (Lipinski definition) is 3. The third-order valence-electron chi connectivity index (χ3n) is 2.61. The molecule has 0 atom stereocenters. The molecule has 0 N–H and O–H groups in total. The molecule has 5 heteroatoms. The highest BCUT2D eigenvalue weighted by Gasteiger charge is 2.09. The predicted molar refractivity (Wildman–Crippen MR) is 66.4 cm³/mol. The van der Waals surface area contributed by atoms with Gasteiger partial charge in [0.05, 0.1) is 5.69 Å². The van der Waals surface area contributed by atoms with Crippen LogP contribution in [0.1, 0.15) is 19.2 Å². The molecule has 1 aromatic carbocycles. The van der Waals surface area contributed by atoms with Gasteiger partial charge in [0.25, 0.3) is 0 Å². The van der Waals surface area contributed by atoms with E-state index in [1.165, 1.54) is 19.2 Å². The Hall–Kier alpha value is -2.17. The van der Waals surface area contributed by atoms with Crippen LogP contribution < -0.4 is 0 Å². The first-order valence-electron chi connectivity index (χ1n) is 5.83. The van der Waals surface area contributed by atoms with Crippen LogP contribution in [0.15, 0.2) is 30.5 Å². The van der Waals surface area contributed by atoms with E-state index >= 15 is 0 Å². The van der Waals surface area contributed by atoms with Crippen LogP contribution >= 0.6 is 0 Å². The molecule has 1 heterocycles. The Bertz CT molecular complexity index is 614. The molecule has 0 aliphatic rings. The van der Waals surface area contributed by atoms with E-state index in [-0.39, 0.29) is 11.3 Å². The zero-order valence-corrected chi connectivity index (χ0v) is 10.4. The fraction of sp³-hybridized carbons (Fsp3) is 0.214. The predicted octanol–water partition coefficient (Wildman–Crippen LogP) is 2.94. The number of Topliss-reactive ketones (excluding diaryl/α,β-unsaturated/α-hetero) is 1. The van der Waals surface area contributed by atoms with E-state index in [0.29, 0.717) is 24.4 Å². The normalized spacial score (nSPS) is 10.5. The summed E-state index contributed by atoms with van der Waals surface area (Å²) in [4.78, 5) is 19.1. The van der Waals surface area contributed by atoms with Crippen LogP contribution in [0, 0.1) is 11.6 Å². The van der Waals surface area contributed by atoms with Crippen molar-refractivity contribution in [3.63, 3.8) is 0 Å². The highest BCUT2D eigenvalue weighted by Crippen LogP contribution is 2.21. The summed E-state index contributed by atoms with van der Waals surface area (Å²) in [5, 5.41) is 0. The fourth-order valence-corrected chi connectivity index (χ4v) is 1.65. The number of rotatable bonds is 4. The second-order valence-corrected chi connectivity index (χ2v) is 4.18. The molecule has 98 valence electrons. The Balaban J connectivity index is 2.32. The summed E-state index contributed by atoms with van der Waals surface area (Å²) in [5.74, 6) is -0.597. The van der Waals surface area contributed by atoms with Gasteiger partial charge in [-0.3, -0.25) is 0 Å². The molecule has 0 saturated heterocycles. The molecule has 0 amide bonds. The molecule has 1 aromatic heterocycles. The van der Waals surface area contributed by atoms with Gasteiger partial charge in [-0.15, -0.1) is 0 Å². The molecule has 2 aromatic rings. The largest absolute Gasteiger partial charge is 0.300 e. The van der Waals surface area contributed by atoms with Crippen molar-refractivity contribution in [3.8, 4) is 11.3 Å². The maximum absolute atomic E-state index is 13.6. The number of carbonyl (C=O) groups excluding carboxylic acids is 1. The average molecular weight is 262 g/mol. The maximum atomic E-state index is 13.6. The number of nitrogens with zero attached hydrogens (tertiary/aromatic N) is 2. The summed E-state index contributed by atoms with van der Waals surface area (Å²) in [6, 6.07) is 4.71. The third-order valence-corrected chi connectivity index (χ3v) is 2.61. The van der Waals surface area contributed by atoms with E-state index in [1.807, 2.05) is 0 Å². The van der Waals surface area contributed by atoms with Gasteiger partial charge in [0.15, 0.2) is 0 Å². The van der Waals surface area contributed by atoms with Crippen LogP contribution in [-0.4, -0.2) is 15.8 Å². The van der Waals surface area contributed by atoms with Gasteiger partial charge in [0.1, 0.15) is 23.2 Å². The average Bonchev–Trinajstić information content (AvgIpc) is 2.39. The van der Waals surface area contributed by atoms with Crippen molar-refractivity contribution in [1.82, 2.24) is 9.97 Å². The number of hydrogen-bond donors (Lipinski definition) is 0. The summed E-state index contributed by atoms with van der Waals surface area (Å²) in [5.41, 5.74) is 0.400. The summed E-state index contributed by atoms with van der Waals surface area (Å²) in [6.45, 7) is 1.48. The lowest BCUT2D eigenvalue weighted by atomic mass is 10.1. The molecule has 0 aliphatic carbocycles. The second-order valence-electron chi connectivity index (χ2n) is 4.18. The molecule has 19 heavy (non-hydrogen) atoms. The van der Waals surface area contributed by atoms with Gasteiger partial charge in [0, 0.05) is 24.6 Å². The van der Waals surface area contributed by atoms with Gasteiger partial charge in [0.2, 0.25) is 0 Å². The Morgan fingerprint density at radius 3 is 2.79 bits per heavy atom. The fourth-order valence-electron chi connectivity index (χ4n) is 1.65. The summed E-state index contributed by atoms with van der Waals surface area (Å²) in [6.07, 6.45) is 2.19. The van der Waals surface area contributed by atoms with E-state index < -0.39 is 11.6 Å². The topological polar surface area (TPSA) is 42.9 Å². The third kappa shape index (κ3) is 3.40. The van der Waals surface area contributed by atoms with E-state index in [0.717, 1.165) is 18.2 Å². The van der Waals surface area contributed by atoms with Crippen LogP contribution in [0.4, 0.5) is 8.78 Å². The first-order valence-corrected chi connectivity index (χ1v) is 5.83. The number of halogens is 2. The van der Waals surface area contributed by atoms with Gasteiger partial charge in [-0.05, 0) is 31.2 Å². The van der Waals surface area contributed by atoms with Crippen LogP contribution in [0.5, 0.6) is 0 Å². The quantitative estimate of drug-likeness (QED) is 0.850. The van der Waals surface area contributed by atoms with Crippen LogP contribution in [0.25, 0.3) is 11.3 Å². The van der Waals surface area contributed by atoms with Crippen molar-refractivity contribution in [2.75, 3.05) is 0 Å². The number of aromatic nitrogens is 2. The minimum Gasteiger partial charge on any atom is -0.300 e.